The Labute approximate surface area is 208 Å². The lowest BCUT2D eigenvalue weighted by molar-refractivity contribution is -0.131. The van der Waals surface area contributed by atoms with Gasteiger partial charge >= 0.3 is 5.97 Å². The van der Waals surface area contributed by atoms with Crippen LogP contribution in [0.4, 0.5) is 10.1 Å². The molecule has 2 atom stereocenters. The molecule has 0 radical (unpaired) electrons. The number of halogens is 1. The van der Waals surface area contributed by atoms with Crippen molar-refractivity contribution in [1.82, 2.24) is 9.88 Å². The van der Waals surface area contributed by atoms with E-state index in [2.05, 4.69) is 10.3 Å². The fourth-order valence-corrected chi connectivity index (χ4v) is 5.99. The van der Waals surface area contributed by atoms with Gasteiger partial charge in [-0.05, 0) is 48.7 Å². The minimum atomic E-state index is -0.755. The third-order valence-corrected chi connectivity index (χ3v) is 7.62. The van der Waals surface area contributed by atoms with Crippen LogP contribution < -0.4 is 5.32 Å². The number of hydrogen-bond donors (Lipinski definition) is 2. The van der Waals surface area contributed by atoms with Crippen LogP contribution in [0, 0.1) is 12.7 Å². The molecule has 3 heterocycles. The molecule has 0 aliphatic carbocycles. The predicted octanol–water partition coefficient (Wildman–Crippen LogP) is 4.91. The van der Waals surface area contributed by atoms with Gasteiger partial charge in [0.15, 0.2) is 0 Å². The maximum atomic E-state index is 14.5. The van der Waals surface area contributed by atoms with Crippen molar-refractivity contribution in [3.63, 3.8) is 0 Å². The molecule has 1 saturated heterocycles. The first-order chi connectivity index (χ1) is 17.4. The molecule has 1 fully saturated rings. The lowest BCUT2D eigenvalue weighted by Gasteiger charge is -2.33. The number of hydrogen-bond acceptors (Lipinski definition) is 4. The first-order valence-corrected chi connectivity index (χ1v) is 12.0. The second kappa shape index (κ2) is 8.22. The maximum Gasteiger partial charge on any atom is 0.354 e. The number of aromatic amines is 1. The van der Waals surface area contributed by atoms with Gasteiger partial charge in [-0.2, -0.15) is 0 Å². The van der Waals surface area contributed by atoms with Gasteiger partial charge < -0.3 is 19.9 Å². The van der Waals surface area contributed by atoms with E-state index in [1.54, 1.807) is 6.07 Å². The Morgan fingerprint density at radius 3 is 2.67 bits per heavy atom. The number of nitrogens with one attached hydrogen (secondary N) is 2. The largest absolute Gasteiger partial charge is 0.464 e. The minimum absolute atomic E-state index is 0.00308. The highest BCUT2D eigenvalue weighted by atomic mass is 19.1. The SMILES string of the molecule is COC(=O)c1[nH]c2ccc(F)cc2c1C12CCN(C(=O)Cc3ccc(C)cc3)C1Nc1ccccc12. The Morgan fingerprint density at radius 2 is 1.89 bits per heavy atom. The second-order valence-corrected chi connectivity index (χ2v) is 9.62. The summed E-state index contributed by atoms with van der Waals surface area (Å²) in [4.78, 5) is 31.6. The number of carbonyl (C=O) groups is 2. The number of benzene rings is 3. The summed E-state index contributed by atoms with van der Waals surface area (Å²) >= 11 is 0. The van der Waals surface area contributed by atoms with Crippen molar-refractivity contribution in [3.8, 4) is 0 Å². The summed E-state index contributed by atoms with van der Waals surface area (Å²) in [5.74, 6) is -0.920. The molecule has 2 aliphatic rings. The molecule has 0 spiro atoms. The molecule has 0 saturated carbocycles. The molecule has 2 aliphatic heterocycles. The van der Waals surface area contributed by atoms with Gasteiger partial charge in [0.1, 0.15) is 17.7 Å². The third kappa shape index (κ3) is 3.22. The molecular weight excluding hydrogens is 457 g/mol. The average Bonchev–Trinajstić information content (AvgIpc) is 3.53. The summed E-state index contributed by atoms with van der Waals surface area (Å²) in [6.07, 6.45) is 0.421. The zero-order valence-electron chi connectivity index (χ0n) is 20.1. The summed E-state index contributed by atoms with van der Waals surface area (Å²) < 4.78 is 19.6. The van der Waals surface area contributed by atoms with Gasteiger partial charge in [0.25, 0.3) is 0 Å². The number of likely N-dealkylation sites (tertiary alicyclic amines) is 1. The molecular formula is C29H26FN3O3. The van der Waals surface area contributed by atoms with E-state index in [-0.39, 0.29) is 18.0 Å². The first-order valence-electron chi connectivity index (χ1n) is 12.0. The Bertz CT molecular complexity index is 1510. The normalized spacial score (nSPS) is 20.2. The zero-order valence-corrected chi connectivity index (χ0v) is 20.1. The molecule has 1 amide bonds. The van der Waals surface area contributed by atoms with Crippen molar-refractivity contribution in [2.75, 3.05) is 19.0 Å². The topological polar surface area (TPSA) is 74.4 Å². The highest BCUT2D eigenvalue weighted by Gasteiger charge is 2.58. The van der Waals surface area contributed by atoms with Gasteiger partial charge in [-0.1, -0.05) is 48.0 Å². The summed E-state index contributed by atoms with van der Waals surface area (Å²) in [6.45, 7) is 2.52. The highest BCUT2D eigenvalue weighted by molar-refractivity contribution is 6.00. The zero-order chi connectivity index (χ0) is 25.0. The van der Waals surface area contributed by atoms with E-state index in [9.17, 15) is 14.0 Å². The number of ether oxygens (including phenoxy) is 1. The van der Waals surface area contributed by atoms with Gasteiger partial charge in [0, 0.05) is 28.7 Å². The molecule has 0 bridgehead atoms. The summed E-state index contributed by atoms with van der Waals surface area (Å²) in [7, 11) is 1.33. The second-order valence-electron chi connectivity index (χ2n) is 9.62. The smallest absolute Gasteiger partial charge is 0.354 e. The molecule has 182 valence electrons. The van der Waals surface area contributed by atoms with Crippen LogP contribution in [0.15, 0.2) is 66.7 Å². The van der Waals surface area contributed by atoms with Crippen molar-refractivity contribution >= 4 is 28.5 Å². The summed E-state index contributed by atoms with van der Waals surface area (Å²) in [5.41, 5.74) is 4.81. The Morgan fingerprint density at radius 1 is 1.11 bits per heavy atom. The lowest BCUT2D eigenvalue weighted by atomic mass is 9.72. The predicted molar refractivity (Wildman–Crippen MR) is 135 cm³/mol. The Kier molecular flexibility index (Phi) is 5.10. The van der Waals surface area contributed by atoms with E-state index in [0.717, 1.165) is 22.4 Å². The fourth-order valence-electron chi connectivity index (χ4n) is 5.99. The lowest BCUT2D eigenvalue weighted by Crippen LogP contribution is -2.47. The van der Waals surface area contributed by atoms with E-state index in [4.69, 9.17) is 4.74 Å². The van der Waals surface area contributed by atoms with Crippen molar-refractivity contribution < 1.29 is 18.7 Å². The Hall–Kier alpha value is -4.13. The molecule has 36 heavy (non-hydrogen) atoms. The van der Waals surface area contributed by atoms with Crippen LogP contribution in [-0.2, 0) is 21.4 Å². The number of aryl methyl sites for hydroxylation is 1. The van der Waals surface area contributed by atoms with Crippen LogP contribution in [-0.4, -0.2) is 41.6 Å². The maximum absolute atomic E-state index is 14.5. The Balaban J connectivity index is 1.52. The molecule has 6 nitrogen and oxygen atoms in total. The first kappa shape index (κ1) is 22.3. The van der Waals surface area contributed by atoms with Gasteiger partial charge in [-0.25, -0.2) is 9.18 Å². The van der Waals surface area contributed by atoms with Crippen molar-refractivity contribution in [3.05, 3.63) is 100 Å². The number of H-pyrrole nitrogens is 1. The van der Waals surface area contributed by atoms with Crippen molar-refractivity contribution in [1.29, 1.82) is 0 Å². The number of rotatable bonds is 4. The molecule has 3 aromatic carbocycles. The molecule has 4 aromatic rings. The number of fused-ring (bicyclic) bond motifs is 4. The van der Waals surface area contributed by atoms with E-state index in [0.29, 0.717) is 29.4 Å². The van der Waals surface area contributed by atoms with Crippen molar-refractivity contribution in [2.45, 2.75) is 31.3 Å². The standard InChI is InChI=1S/C29H26FN3O3/c1-17-7-9-18(10-8-17)15-24(34)33-14-13-29(21-5-3-4-6-23(21)32-28(29)33)25-20-16-19(30)11-12-22(20)31-26(25)27(35)36-2/h3-12,16,28,31-32H,13-15H2,1-2H3. The number of aromatic nitrogens is 1. The number of esters is 1. The third-order valence-electron chi connectivity index (χ3n) is 7.62. The number of methoxy groups -OCH3 is 1. The number of nitrogens with zero attached hydrogens (tertiary/aromatic N) is 1. The van der Waals surface area contributed by atoms with Crippen LogP contribution in [0.2, 0.25) is 0 Å². The minimum Gasteiger partial charge on any atom is -0.464 e. The molecule has 7 heteroatoms. The van der Waals surface area contributed by atoms with Crippen LogP contribution in [0.25, 0.3) is 10.9 Å². The quantitative estimate of drug-likeness (QED) is 0.405. The van der Waals surface area contributed by atoms with Crippen LogP contribution >= 0.6 is 0 Å². The molecule has 2 unspecified atom stereocenters. The van der Waals surface area contributed by atoms with E-state index < -0.39 is 23.4 Å². The number of carbonyl (C=O) groups excluding carboxylic acids is 2. The van der Waals surface area contributed by atoms with Gasteiger partial charge in [-0.15, -0.1) is 0 Å². The van der Waals surface area contributed by atoms with Gasteiger partial charge in [0.2, 0.25) is 5.91 Å². The molecule has 1 aromatic heterocycles. The van der Waals surface area contributed by atoms with Gasteiger partial charge in [0.05, 0.1) is 18.9 Å². The summed E-state index contributed by atoms with van der Waals surface area (Å²) in [5, 5.41) is 4.18. The monoisotopic (exact) mass is 483 g/mol. The molecule has 2 N–H and O–H groups in total. The number of para-hydroxylation sites is 1. The average molecular weight is 484 g/mol. The highest BCUT2D eigenvalue weighted by Crippen LogP contribution is 2.55. The number of anilines is 1. The fraction of sp³-hybridized carbons (Fsp3) is 0.241. The van der Waals surface area contributed by atoms with Crippen molar-refractivity contribution in [2.24, 2.45) is 0 Å². The van der Waals surface area contributed by atoms with E-state index in [1.807, 2.05) is 60.4 Å². The molecule has 6 rings (SSSR count). The van der Waals surface area contributed by atoms with E-state index in [1.165, 1.54) is 19.2 Å². The van der Waals surface area contributed by atoms with Gasteiger partial charge in [-0.3, -0.25) is 4.79 Å². The van der Waals surface area contributed by atoms with Crippen LogP contribution in [0.1, 0.15) is 39.2 Å². The summed E-state index contributed by atoms with van der Waals surface area (Å²) in [6, 6.07) is 20.3. The van der Waals surface area contributed by atoms with Crippen LogP contribution in [0.3, 0.4) is 0 Å². The van der Waals surface area contributed by atoms with E-state index >= 15 is 0 Å². The number of amides is 1. The van der Waals surface area contributed by atoms with Crippen LogP contribution in [0.5, 0.6) is 0 Å².